The van der Waals surface area contributed by atoms with E-state index in [1.165, 1.54) is 31.2 Å². The molecule has 1 unspecified atom stereocenters. The second kappa shape index (κ2) is 12.7. The second-order valence-corrected chi connectivity index (χ2v) is 8.47. The van der Waals surface area contributed by atoms with Crippen LogP contribution in [-0.4, -0.2) is 22.5 Å². The summed E-state index contributed by atoms with van der Waals surface area (Å²) in [4.78, 5) is 21.4. The molecule has 0 bridgehead atoms. The van der Waals surface area contributed by atoms with E-state index in [2.05, 4.69) is 30.7 Å². The second-order valence-electron chi connectivity index (χ2n) is 8.47. The van der Waals surface area contributed by atoms with Crippen LogP contribution < -0.4 is 9.47 Å². The molecule has 0 radical (unpaired) electrons. The Balaban J connectivity index is 1.74. The third-order valence-corrected chi connectivity index (χ3v) is 5.73. The third-order valence-electron chi connectivity index (χ3n) is 5.73. The molecule has 3 aromatic rings. The molecule has 5 nitrogen and oxygen atoms in total. The predicted molar refractivity (Wildman–Crippen MR) is 132 cm³/mol. The fraction of sp³-hybridized carbons (Fsp3) is 0.393. The first kappa shape index (κ1) is 24.4. The highest BCUT2D eigenvalue weighted by Gasteiger charge is 2.15. The molecule has 1 heterocycles. The van der Waals surface area contributed by atoms with Gasteiger partial charge in [0.15, 0.2) is 0 Å². The topological polar surface area (TPSA) is 61.3 Å². The molecule has 3 rings (SSSR count). The molecule has 0 saturated carbocycles. The number of nitrogens with zero attached hydrogens (tertiary/aromatic N) is 2. The van der Waals surface area contributed by atoms with Gasteiger partial charge in [-0.3, -0.25) is 9.97 Å². The largest absolute Gasteiger partial charge is 0.493 e. The fourth-order valence-electron chi connectivity index (χ4n) is 3.40. The lowest BCUT2D eigenvalue weighted by molar-refractivity contribution is 0.0735. The molecule has 0 fully saturated rings. The van der Waals surface area contributed by atoms with Crippen LogP contribution in [0.25, 0.3) is 11.3 Å². The maximum absolute atomic E-state index is 12.9. The zero-order valence-electron chi connectivity index (χ0n) is 19.9. The van der Waals surface area contributed by atoms with Gasteiger partial charge in [-0.15, -0.1) is 0 Å². The van der Waals surface area contributed by atoms with E-state index in [1.807, 2.05) is 36.4 Å². The van der Waals surface area contributed by atoms with Gasteiger partial charge in [0.25, 0.3) is 0 Å². The number of esters is 1. The molecule has 0 saturated heterocycles. The summed E-state index contributed by atoms with van der Waals surface area (Å²) in [6.45, 7) is 7.13. The van der Waals surface area contributed by atoms with E-state index in [1.54, 1.807) is 24.7 Å². The first-order valence-electron chi connectivity index (χ1n) is 11.9. The summed E-state index contributed by atoms with van der Waals surface area (Å²) in [6.07, 6.45) is 11.9. The summed E-state index contributed by atoms with van der Waals surface area (Å²) in [5.41, 5.74) is 3.06. The van der Waals surface area contributed by atoms with Crippen molar-refractivity contribution in [2.24, 2.45) is 5.92 Å². The Labute approximate surface area is 197 Å². The Kier molecular flexibility index (Phi) is 9.43. The number of carbonyl (C=O) groups is 1. The van der Waals surface area contributed by atoms with Gasteiger partial charge in [0.05, 0.1) is 24.1 Å². The lowest BCUT2D eigenvalue weighted by Crippen LogP contribution is -2.10. The molecule has 33 heavy (non-hydrogen) atoms. The van der Waals surface area contributed by atoms with Crippen molar-refractivity contribution in [2.75, 3.05) is 6.61 Å². The summed E-state index contributed by atoms with van der Waals surface area (Å²) < 4.78 is 11.7. The molecule has 0 N–H and O–H groups in total. The molecule has 0 aliphatic carbocycles. The van der Waals surface area contributed by atoms with Gasteiger partial charge in [-0.05, 0) is 54.7 Å². The normalized spacial score (nSPS) is 11.7. The van der Waals surface area contributed by atoms with Crippen molar-refractivity contribution in [1.82, 2.24) is 9.97 Å². The van der Waals surface area contributed by atoms with Crippen LogP contribution in [0.2, 0.25) is 0 Å². The molecular weight excluding hydrogens is 412 g/mol. The van der Waals surface area contributed by atoms with Crippen LogP contribution in [-0.2, 0) is 6.42 Å². The van der Waals surface area contributed by atoms with Crippen molar-refractivity contribution >= 4 is 5.97 Å². The quantitative estimate of drug-likeness (QED) is 0.172. The number of rotatable bonds is 12. The van der Waals surface area contributed by atoms with E-state index in [9.17, 15) is 4.79 Å². The van der Waals surface area contributed by atoms with Crippen LogP contribution in [0.5, 0.6) is 11.5 Å². The molecule has 1 aromatic heterocycles. The van der Waals surface area contributed by atoms with Crippen molar-refractivity contribution in [2.45, 2.75) is 59.3 Å². The van der Waals surface area contributed by atoms with Crippen molar-refractivity contribution in [3.8, 4) is 22.8 Å². The number of benzene rings is 2. The summed E-state index contributed by atoms with van der Waals surface area (Å²) >= 11 is 0. The van der Waals surface area contributed by atoms with Gasteiger partial charge in [0, 0.05) is 18.0 Å². The van der Waals surface area contributed by atoms with Gasteiger partial charge in [-0.25, -0.2) is 4.79 Å². The molecule has 5 heteroatoms. The Hall–Kier alpha value is -3.21. The van der Waals surface area contributed by atoms with Crippen LogP contribution in [0.3, 0.4) is 0 Å². The highest BCUT2D eigenvalue weighted by atomic mass is 16.5. The first-order valence-corrected chi connectivity index (χ1v) is 11.9. The SMILES string of the molecule is CCCCCCc1ccc(C(=O)Oc2ccc(OCC(C)CC)cc2-c2cnccn2)cc1. The standard InChI is InChI=1S/C28H34N2O3/c1-4-6-7-8-9-22-10-12-23(13-11-22)28(31)33-27-15-14-24(32-20-21(3)5-2)18-25(27)26-19-29-16-17-30-26/h10-19,21H,4-9,20H2,1-3H3. The minimum atomic E-state index is -0.397. The molecule has 0 aliphatic heterocycles. The van der Waals surface area contributed by atoms with Crippen LogP contribution in [0.1, 0.15) is 68.8 Å². The number of carbonyl (C=O) groups excluding carboxylic acids is 1. The van der Waals surface area contributed by atoms with E-state index >= 15 is 0 Å². The van der Waals surface area contributed by atoms with E-state index in [0.29, 0.717) is 40.8 Å². The number of aryl methyl sites for hydroxylation is 1. The summed E-state index contributed by atoms with van der Waals surface area (Å²) in [5.74, 6) is 1.20. The van der Waals surface area contributed by atoms with E-state index < -0.39 is 5.97 Å². The van der Waals surface area contributed by atoms with Crippen molar-refractivity contribution in [1.29, 1.82) is 0 Å². The lowest BCUT2D eigenvalue weighted by Gasteiger charge is -2.14. The molecule has 174 valence electrons. The van der Waals surface area contributed by atoms with Crippen LogP contribution >= 0.6 is 0 Å². The van der Waals surface area contributed by atoms with Gasteiger partial charge < -0.3 is 9.47 Å². The highest BCUT2D eigenvalue weighted by molar-refractivity contribution is 5.92. The summed E-state index contributed by atoms with van der Waals surface area (Å²) in [6, 6.07) is 13.1. The highest BCUT2D eigenvalue weighted by Crippen LogP contribution is 2.33. The maximum Gasteiger partial charge on any atom is 0.343 e. The van der Waals surface area contributed by atoms with Crippen molar-refractivity contribution < 1.29 is 14.3 Å². The average molecular weight is 447 g/mol. The molecule has 1 atom stereocenters. The number of hydrogen-bond acceptors (Lipinski definition) is 5. The Morgan fingerprint density at radius 1 is 1.00 bits per heavy atom. The minimum Gasteiger partial charge on any atom is -0.493 e. The van der Waals surface area contributed by atoms with Crippen LogP contribution in [0, 0.1) is 5.92 Å². The smallest absolute Gasteiger partial charge is 0.343 e. The Bertz CT molecular complexity index is 1000. The zero-order valence-corrected chi connectivity index (χ0v) is 19.9. The Morgan fingerprint density at radius 3 is 2.52 bits per heavy atom. The van der Waals surface area contributed by atoms with Crippen LogP contribution in [0.4, 0.5) is 0 Å². The monoisotopic (exact) mass is 446 g/mol. The predicted octanol–water partition coefficient (Wildman–Crippen LogP) is 6.91. The van der Waals surface area contributed by atoms with E-state index in [0.717, 1.165) is 12.8 Å². The fourth-order valence-corrected chi connectivity index (χ4v) is 3.40. The molecule has 0 spiro atoms. The van der Waals surface area contributed by atoms with Crippen molar-refractivity contribution in [3.63, 3.8) is 0 Å². The van der Waals surface area contributed by atoms with E-state index in [4.69, 9.17) is 9.47 Å². The average Bonchev–Trinajstić information content (AvgIpc) is 2.86. The number of ether oxygens (including phenoxy) is 2. The number of hydrogen-bond donors (Lipinski definition) is 0. The van der Waals surface area contributed by atoms with Gasteiger partial charge >= 0.3 is 5.97 Å². The van der Waals surface area contributed by atoms with Crippen molar-refractivity contribution in [3.05, 3.63) is 72.2 Å². The summed E-state index contributed by atoms with van der Waals surface area (Å²) in [5, 5.41) is 0. The molecule has 0 amide bonds. The van der Waals surface area contributed by atoms with Gasteiger partial charge in [0.1, 0.15) is 11.5 Å². The Morgan fingerprint density at radius 2 is 1.82 bits per heavy atom. The molecular formula is C28H34N2O3. The lowest BCUT2D eigenvalue weighted by atomic mass is 10.0. The van der Waals surface area contributed by atoms with Gasteiger partial charge in [0.2, 0.25) is 0 Å². The zero-order chi connectivity index (χ0) is 23.5. The van der Waals surface area contributed by atoms with Crippen LogP contribution in [0.15, 0.2) is 61.1 Å². The maximum atomic E-state index is 12.9. The summed E-state index contributed by atoms with van der Waals surface area (Å²) in [7, 11) is 0. The molecule has 0 aliphatic rings. The first-order chi connectivity index (χ1) is 16.1. The molecule has 2 aromatic carbocycles. The third kappa shape index (κ3) is 7.41. The number of unbranched alkanes of at least 4 members (excludes halogenated alkanes) is 3. The number of aromatic nitrogens is 2. The van der Waals surface area contributed by atoms with E-state index in [-0.39, 0.29) is 0 Å². The minimum absolute atomic E-state index is 0.397. The van der Waals surface area contributed by atoms with Gasteiger partial charge in [-0.1, -0.05) is 58.6 Å². The van der Waals surface area contributed by atoms with Gasteiger partial charge in [-0.2, -0.15) is 0 Å².